The number of carbonyl (C=O) groups is 1. The molecule has 2 saturated carbocycles. The lowest BCUT2D eigenvalue weighted by Crippen LogP contribution is -2.47. The number of pyridine rings is 1. The third kappa shape index (κ3) is 4.60. The van der Waals surface area contributed by atoms with E-state index in [0.29, 0.717) is 17.5 Å². The Morgan fingerprint density at radius 2 is 1.75 bits per heavy atom. The highest BCUT2D eigenvalue weighted by Crippen LogP contribution is 2.23. The summed E-state index contributed by atoms with van der Waals surface area (Å²) in [5, 5.41) is 14.9. The van der Waals surface area contributed by atoms with Gasteiger partial charge in [0.1, 0.15) is 12.2 Å². The van der Waals surface area contributed by atoms with Gasteiger partial charge in [0.05, 0.1) is 5.56 Å². The van der Waals surface area contributed by atoms with Crippen LogP contribution in [0.15, 0.2) is 18.3 Å². The van der Waals surface area contributed by atoms with E-state index >= 15 is 0 Å². The number of rotatable bonds is 4. The van der Waals surface area contributed by atoms with Crippen LogP contribution in [0, 0.1) is 11.3 Å². The number of urea groups is 1. The summed E-state index contributed by atoms with van der Waals surface area (Å²) in [6.45, 7) is 0. The molecular formula is C18H24N4O2. The zero-order valence-electron chi connectivity index (χ0n) is 13.8. The first kappa shape index (κ1) is 16.6. The van der Waals surface area contributed by atoms with Crippen LogP contribution in [0.3, 0.4) is 0 Å². The molecule has 6 nitrogen and oxygen atoms in total. The summed E-state index contributed by atoms with van der Waals surface area (Å²) in [7, 11) is 0. The molecule has 1 aromatic rings. The molecule has 6 heteroatoms. The van der Waals surface area contributed by atoms with Crippen molar-refractivity contribution in [2.45, 2.75) is 69.6 Å². The molecule has 0 aromatic carbocycles. The molecule has 3 rings (SSSR count). The lowest BCUT2D eigenvalue weighted by molar-refractivity contribution is 0.134. The van der Waals surface area contributed by atoms with Gasteiger partial charge in [-0.05, 0) is 44.6 Å². The molecule has 24 heavy (non-hydrogen) atoms. The van der Waals surface area contributed by atoms with Crippen molar-refractivity contribution in [1.29, 1.82) is 5.26 Å². The number of carbonyl (C=O) groups excluding carboxylic acids is 1. The quantitative estimate of drug-likeness (QED) is 0.889. The Morgan fingerprint density at radius 1 is 1.08 bits per heavy atom. The van der Waals surface area contributed by atoms with Gasteiger partial charge in [-0.2, -0.15) is 5.26 Å². The Balaban J connectivity index is 1.38. The van der Waals surface area contributed by atoms with Gasteiger partial charge in [-0.3, -0.25) is 0 Å². The summed E-state index contributed by atoms with van der Waals surface area (Å²) >= 11 is 0. The van der Waals surface area contributed by atoms with E-state index in [2.05, 4.69) is 15.6 Å². The van der Waals surface area contributed by atoms with E-state index in [4.69, 9.17) is 10.00 Å². The van der Waals surface area contributed by atoms with Gasteiger partial charge in [0.2, 0.25) is 5.88 Å². The maximum atomic E-state index is 12.0. The Hall–Kier alpha value is -2.29. The minimum atomic E-state index is -0.0278. The standard InChI is InChI=1S/C18H24N4O2/c19-11-13-5-10-17(20-12-13)24-16-8-6-15(7-9-16)22-18(23)21-14-3-1-2-4-14/h5,10,12,14-16H,1-4,6-9H2,(H2,21,22,23). The largest absolute Gasteiger partial charge is 0.474 e. The lowest BCUT2D eigenvalue weighted by atomic mass is 9.93. The van der Waals surface area contributed by atoms with Gasteiger partial charge in [-0.1, -0.05) is 12.8 Å². The first-order valence-corrected chi connectivity index (χ1v) is 8.83. The highest BCUT2D eigenvalue weighted by molar-refractivity contribution is 5.74. The number of ether oxygens (including phenoxy) is 1. The molecule has 0 aliphatic heterocycles. The molecule has 0 atom stereocenters. The number of hydrogen-bond donors (Lipinski definition) is 2. The van der Waals surface area contributed by atoms with E-state index in [-0.39, 0.29) is 18.2 Å². The summed E-state index contributed by atoms with van der Waals surface area (Å²) in [6.07, 6.45) is 9.92. The molecule has 128 valence electrons. The number of nitrogens with one attached hydrogen (secondary N) is 2. The van der Waals surface area contributed by atoms with E-state index in [1.165, 1.54) is 19.0 Å². The van der Waals surface area contributed by atoms with Crippen molar-refractivity contribution in [1.82, 2.24) is 15.6 Å². The fraction of sp³-hybridized carbons (Fsp3) is 0.611. The summed E-state index contributed by atoms with van der Waals surface area (Å²) in [4.78, 5) is 16.2. The first-order chi connectivity index (χ1) is 11.7. The minimum Gasteiger partial charge on any atom is -0.474 e. The highest BCUT2D eigenvalue weighted by Gasteiger charge is 2.25. The minimum absolute atomic E-state index is 0.0278. The number of nitrogens with zero attached hydrogens (tertiary/aromatic N) is 2. The van der Waals surface area contributed by atoms with Crippen molar-refractivity contribution >= 4 is 6.03 Å². The highest BCUT2D eigenvalue weighted by atomic mass is 16.5. The number of nitriles is 1. The molecule has 0 saturated heterocycles. The van der Waals surface area contributed by atoms with Crippen LogP contribution in [-0.4, -0.2) is 29.2 Å². The zero-order chi connectivity index (χ0) is 16.8. The van der Waals surface area contributed by atoms with Crippen molar-refractivity contribution in [3.63, 3.8) is 0 Å². The van der Waals surface area contributed by atoms with Gasteiger partial charge < -0.3 is 15.4 Å². The van der Waals surface area contributed by atoms with Crippen molar-refractivity contribution in [2.75, 3.05) is 0 Å². The topological polar surface area (TPSA) is 87.0 Å². The second-order valence-electron chi connectivity index (χ2n) is 6.69. The Morgan fingerprint density at radius 3 is 2.33 bits per heavy atom. The third-order valence-electron chi connectivity index (χ3n) is 4.85. The predicted octanol–water partition coefficient (Wildman–Crippen LogP) is 2.89. The predicted molar refractivity (Wildman–Crippen MR) is 89.5 cm³/mol. The monoisotopic (exact) mass is 328 g/mol. The second kappa shape index (κ2) is 8.00. The van der Waals surface area contributed by atoms with Crippen LogP contribution in [0.2, 0.25) is 0 Å². The lowest BCUT2D eigenvalue weighted by Gasteiger charge is -2.29. The molecule has 2 aliphatic carbocycles. The number of hydrogen-bond acceptors (Lipinski definition) is 4. The molecule has 2 aliphatic rings. The maximum Gasteiger partial charge on any atom is 0.315 e. The van der Waals surface area contributed by atoms with E-state index in [9.17, 15) is 4.79 Å². The number of aromatic nitrogens is 1. The van der Waals surface area contributed by atoms with Crippen LogP contribution in [0.1, 0.15) is 56.9 Å². The Bertz CT molecular complexity index is 582. The zero-order valence-corrected chi connectivity index (χ0v) is 13.8. The van der Waals surface area contributed by atoms with Crippen LogP contribution in [0.25, 0.3) is 0 Å². The normalized spacial score (nSPS) is 24.1. The SMILES string of the molecule is N#Cc1ccc(OC2CCC(NC(=O)NC3CCCC3)CC2)nc1. The van der Waals surface area contributed by atoms with E-state index in [1.807, 2.05) is 6.07 Å². The van der Waals surface area contributed by atoms with Gasteiger partial charge in [-0.15, -0.1) is 0 Å². The smallest absolute Gasteiger partial charge is 0.315 e. The molecule has 0 unspecified atom stereocenters. The average Bonchev–Trinajstić information content (AvgIpc) is 3.10. The van der Waals surface area contributed by atoms with Gasteiger partial charge in [0.15, 0.2) is 0 Å². The molecule has 1 heterocycles. The fourth-order valence-electron chi connectivity index (χ4n) is 3.49. The molecule has 2 N–H and O–H groups in total. The van der Waals surface area contributed by atoms with Crippen LogP contribution in [0.4, 0.5) is 4.79 Å². The van der Waals surface area contributed by atoms with Crippen LogP contribution >= 0.6 is 0 Å². The van der Waals surface area contributed by atoms with Crippen molar-refractivity contribution in [3.8, 4) is 11.9 Å². The van der Waals surface area contributed by atoms with E-state index in [1.54, 1.807) is 12.1 Å². The number of amides is 2. The van der Waals surface area contributed by atoms with Crippen molar-refractivity contribution in [2.24, 2.45) is 0 Å². The van der Waals surface area contributed by atoms with Gasteiger partial charge >= 0.3 is 6.03 Å². The van der Waals surface area contributed by atoms with Gasteiger partial charge in [0, 0.05) is 24.3 Å². The molecule has 0 spiro atoms. The average molecular weight is 328 g/mol. The van der Waals surface area contributed by atoms with Crippen molar-refractivity contribution < 1.29 is 9.53 Å². The molecule has 2 fully saturated rings. The Labute approximate surface area is 142 Å². The van der Waals surface area contributed by atoms with E-state index < -0.39 is 0 Å². The molecule has 1 aromatic heterocycles. The Kier molecular flexibility index (Phi) is 5.52. The maximum absolute atomic E-state index is 12.0. The molecule has 2 amide bonds. The summed E-state index contributed by atoms with van der Waals surface area (Å²) < 4.78 is 5.87. The first-order valence-electron chi connectivity index (χ1n) is 8.83. The van der Waals surface area contributed by atoms with Crippen LogP contribution in [0.5, 0.6) is 5.88 Å². The summed E-state index contributed by atoms with van der Waals surface area (Å²) in [5.74, 6) is 0.560. The third-order valence-corrected chi connectivity index (χ3v) is 4.85. The van der Waals surface area contributed by atoms with Gasteiger partial charge in [0.25, 0.3) is 0 Å². The van der Waals surface area contributed by atoms with Gasteiger partial charge in [-0.25, -0.2) is 9.78 Å². The van der Waals surface area contributed by atoms with Crippen LogP contribution < -0.4 is 15.4 Å². The second-order valence-corrected chi connectivity index (χ2v) is 6.69. The van der Waals surface area contributed by atoms with Crippen LogP contribution in [-0.2, 0) is 0 Å². The summed E-state index contributed by atoms with van der Waals surface area (Å²) in [6, 6.07) is 6.04. The molecule has 0 bridgehead atoms. The summed E-state index contributed by atoms with van der Waals surface area (Å²) in [5.41, 5.74) is 0.531. The van der Waals surface area contributed by atoms with E-state index in [0.717, 1.165) is 38.5 Å². The molecular weight excluding hydrogens is 304 g/mol. The van der Waals surface area contributed by atoms with Crippen molar-refractivity contribution in [3.05, 3.63) is 23.9 Å². The molecule has 0 radical (unpaired) electrons. The fourth-order valence-corrected chi connectivity index (χ4v) is 3.49.